The largest absolute Gasteiger partial charge is 0.462 e. The molecule has 0 spiro atoms. The zero-order chi connectivity index (χ0) is 43.5. The van der Waals surface area contributed by atoms with Gasteiger partial charge in [-0.25, -0.2) is 0 Å². The van der Waals surface area contributed by atoms with Gasteiger partial charge in [0.2, 0.25) is 0 Å². The van der Waals surface area contributed by atoms with E-state index in [-0.39, 0.29) is 25.2 Å². The van der Waals surface area contributed by atoms with Crippen molar-refractivity contribution in [1.29, 1.82) is 0 Å². The number of carbonyl (C=O) groups excluding carboxylic acids is 2. The predicted octanol–water partition coefficient (Wildman–Crippen LogP) is 16.4. The van der Waals surface area contributed by atoms with Crippen molar-refractivity contribution in [3.05, 3.63) is 109 Å². The van der Waals surface area contributed by atoms with Gasteiger partial charge in [0.25, 0.3) is 0 Å². The summed E-state index contributed by atoms with van der Waals surface area (Å²) >= 11 is 0. The van der Waals surface area contributed by atoms with Gasteiger partial charge < -0.3 is 14.2 Å². The van der Waals surface area contributed by atoms with Crippen LogP contribution in [0.1, 0.15) is 201 Å². The minimum atomic E-state index is -0.585. The summed E-state index contributed by atoms with van der Waals surface area (Å²) in [7, 11) is 0. The molecule has 60 heavy (non-hydrogen) atoms. The van der Waals surface area contributed by atoms with E-state index in [9.17, 15) is 9.59 Å². The van der Waals surface area contributed by atoms with Crippen LogP contribution in [0.15, 0.2) is 109 Å². The standard InChI is InChI=1S/C55H90O5/c1-4-7-10-13-16-19-22-25-28-30-33-36-39-42-45-48-54(56)59-52-53(51-58-50-47-44-41-38-35-32-27-24-21-18-15-12-9-6-3)60-55(57)49-46-43-40-37-34-31-29-26-23-20-17-14-11-8-5-2/h7,9-10,12,16-21,25-29,32,38,41,53H,4-6,8,11,13-15,22-24,30-31,33-37,39-40,42-52H2,1-3H3/b10-7-,12-9-,19-16-,20-17-,21-18-,28-25-,29-26-,32-27-,41-38-. The van der Waals surface area contributed by atoms with E-state index >= 15 is 0 Å². The van der Waals surface area contributed by atoms with Gasteiger partial charge >= 0.3 is 11.9 Å². The molecule has 0 heterocycles. The molecule has 0 aromatic carbocycles. The van der Waals surface area contributed by atoms with Crippen LogP contribution in [0.2, 0.25) is 0 Å². The Bertz CT molecular complexity index is 1210. The number of carbonyl (C=O) groups is 2. The molecule has 0 aromatic rings. The van der Waals surface area contributed by atoms with Crippen LogP contribution in [0.4, 0.5) is 0 Å². The smallest absolute Gasteiger partial charge is 0.306 e. The van der Waals surface area contributed by atoms with Crippen molar-refractivity contribution in [2.45, 2.75) is 207 Å². The summed E-state index contributed by atoms with van der Waals surface area (Å²) < 4.78 is 17.3. The van der Waals surface area contributed by atoms with Gasteiger partial charge in [-0.15, -0.1) is 0 Å². The van der Waals surface area contributed by atoms with E-state index < -0.39 is 6.10 Å². The van der Waals surface area contributed by atoms with Crippen molar-refractivity contribution in [1.82, 2.24) is 0 Å². The Hall–Kier alpha value is -3.44. The average Bonchev–Trinajstić information content (AvgIpc) is 3.25. The zero-order valence-electron chi connectivity index (χ0n) is 38.9. The molecule has 0 N–H and O–H groups in total. The minimum Gasteiger partial charge on any atom is -0.462 e. The Kier molecular flexibility index (Phi) is 47.1. The molecule has 0 amide bonds. The molecular formula is C55H90O5. The van der Waals surface area contributed by atoms with Crippen molar-refractivity contribution in [2.75, 3.05) is 19.8 Å². The van der Waals surface area contributed by atoms with Gasteiger partial charge in [0.05, 0.1) is 6.61 Å². The Morgan fingerprint density at radius 3 is 1.20 bits per heavy atom. The van der Waals surface area contributed by atoms with Crippen molar-refractivity contribution >= 4 is 11.9 Å². The molecule has 0 aliphatic rings. The number of hydrogen-bond acceptors (Lipinski definition) is 5. The molecule has 0 saturated carbocycles. The summed E-state index contributed by atoms with van der Waals surface area (Å²) in [5, 5.41) is 0. The molecule has 1 unspecified atom stereocenters. The van der Waals surface area contributed by atoms with Gasteiger partial charge in [-0.2, -0.15) is 0 Å². The number of esters is 2. The minimum absolute atomic E-state index is 0.0422. The highest BCUT2D eigenvalue weighted by Gasteiger charge is 2.17. The second kappa shape index (κ2) is 49.9. The highest BCUT2D eigenvalue weighted by Crippen LogP contribution is 2.12. The third kappa shape index (κ3) is 47.2. The molecule has 0 bridgehead atoms. The lowest BCUT2D eigenvalue weighted by molar-refractivity contribution is -0.163. The summed E-state index contributed by atoms with van der Waals surface area (Å²) in [6.07, 6.45) is 68.1. The first-order chi connectivity index (χ1) is 29.6. The fourth-order valence-corrected chi connectivity index (χ4v) is 6.20. The summed E-state index contributed by atoms with van der Waals surface area (Å²) in [6, 6.07) is 0. The van der Waals surface area contributed by atoms with Crippen LogP contribution >= 0.6 is 0 Å². The Balaban J connectivity index is 4.43. The molecule has 0 aromatic heterocycles. The van der Waals surface area contributed by atoms with Crippen LogP contribution < -0.4 is 0 Å². The van der Waals surface area contributed by atoms with Crippen LogP contribution in [-0.4, -0.2) is 37.9 Å². The topological polar surface area (TPSA) is 61.8 Å². The van der Waals surface area contributed by atoms with Crippen LogP contribution in [0.5, 0.6) is 0 Å². The molecule has 0 aliphatic heterocycles. The number of hydrogen-bond donors (Lipinski definition) is 0. The van der Waals surface area contributed by atoms with E-state index in [1.807, 2.05) is 0 Å². The van der Waals surface area contributed by atoms with Crippen LogP contribution in [-0.2, 0) is 23.8 Å². The van der Waals surface area contributed by atoms with Crippen molar-refractivity contribution in [2.24, 2.45) is 0 Å². The Labute approximate surface area is 370 Å². The molecule has 0 rings (SSSR count). The first kappa shape index (κ1) is 56.6. The second-order valence-corrected chi connectivity index (χ2v) is 15.6. The fourth-order valence-electron chi connectivity index (χ4n) is 6.20. The van der Waals surface area contributed by atoms with Crippen LogP contribution in [0.3, 0.4) is 0 Å². The first-order valence-electron chi connectivity index (χ1n) is 24.4. The number of unbranched alkanes of at least 4 members (excludes halogenated alkanes) is 14. The van der Waals surface area contributed by atoms with E-state index in [0.29, 0.717) is 19.4 Å². The Morgan fingerprint density at radius 2 is 0.750 bits per heavy atom. The van der Waals surface area contributed by atoms with E-state index in [2.05, 4.69) is 130 Å². The predicted molar refractivity (Wildman–Crippen MR) is 260 cm³/mol. The normalized spacial score (nSPS) is 13.2. The van der Waals surface area contributed by atoms with E-state index in [1.54, 1.807) is 0 Å². The van der Waals surface area contributed by atoms with Gasteiger partial charge in [-0.05, 0) is 116 Å². The maximum Gasteiger partial charge on any atom is 0.306 e. The molecule has 5 nitrogen and oxygen atoms in total. The van der Waals surface area contributed by atoms with E-state index in [0.717, 1.165) is 116 Å². The van der Waals surface area contributed by atoms with E-state index in [4.69, 9.17) is 14.2 Å². The molecule has 0 aliphatic carbocycles. The SMILES string of the molecule is CC/C=C\C/C=C\C/C=C\C/C=C\CCCOCC(COC(=O)CCCCCCC/C=C\C/C=C\C/C=C\CC)OC(=O)CCCCCCC/C=C\C/C=C\CCCCC. The maximum atomic E-state index is 12.8. The average molecular weight is 831 g/mol. The van der Waals surface area contributed by atoms with Gasteiger partial charge in [-0.1, -0.05) is 182 Å². The first-order valence-corrected chi connectivity index (χ1v) is 24.4. The van der Waals surface area contributed by atoms with Crippen molar-refractivity contribution in [3.8, 4) is 0 Å². The van der Waals surface area contributed by atoms with Gasteiger partial charge in [0.15, 0.2) is 6.10 Å². The van der Waals surface area contributed by atoms with Gasteiger partial charge in [0, 0.05) is 19.4 Å². The number of allylic oxidation sites excluding steroid dienone is 18. The van der Waals surface area contributed by atoms with Gasteiger partial charge in [0.1, 0.15) is 6.61 Å². The highest BCUT2D eigenvalue weighted by molar-refractivity contribution is 5.70. The molecule has 1 atom stereocenters. The number of rotatable bonds is 43. The third-order valence-electron chi connectivity index (χ3n) is 9.77. The third-order valence-corrected chi connectivity index (χ3v) is 9.77. The molecule has 0 radical (unpaired) electrons. The summed E-state index contributed by atoms with van der Waals surface area (Å²) in [6.45, 7) is 7.39. The maximum absolute atomic E-state index is 12.8. The quantitative estimate of drug-likeness (QED) is 0.0348. The molecular weight excluding hydrogens is 741 g/mol. The number of ether oxygens (including phenoxy) is 3. The van der Waals surface area contributed by atoms with Crippen molar-refractivity contribution < 1.29 is 23.8 Å². The lowest BCUT2D eigenvalue weighted by atomic mass is 10.1. The summed E-state index contributed by atoms with van der Waals surface area (Å²) in [5.74, 6) is -0.471. The van der Waals surface area contributed by atoms with Crippen LogP contribution in [0.25, 0.3) is 0 Å². The lowest BCUT2D eigenvalue weighted by Gasteiger charge is -2.18. The van der Waals surface area contributed by atoms with Gasteiger partial charge in [-0.3, -0.25) is 9.59 Å². The molecule has 340 valence electrons. The fraction of sp³-hybridized carbons (Fsp3) is 0.636. The summed E-state index contributed by atoms with van der Waals surface area (Å²) in [5.41, 5.74) is 0. The second-order valence-electron chi connectivity index (χ2n) is 15.6. The molecule has 0 fully saturated rings. The van der Waals surface area contributed by atoms with Crippen LogP contribution in [0, 0.1) is 0 Å². The highest BCUT2D eigenvalue weighted by atomic mass is 16.6. The lowest BCUT2D eigenvalue weighted by Crippen LogP contribution is -2.30. The monoisotopic (exact) mass is 831 g/mol. The van der Waals surface area contributed by atoms with Crippen molar-refractivity contribution in [3.63, 3.8) is 0 Å². The Morgan fingerprint density at radius 1 is 0.383 bits per heavy atom. The summed E-state index contributed by atoms with van der Waals surface area (Å²) in [4.78, 5) is 25.3. The molecule has 5 heteroatoms. The van der Waals surface area contributed by atoms with E-state index in [1.165, 1.54) is 51.4 Å². The zero-order valence-corrected chi connectivity index (χ0v) is 38.9. The molecule has 0 saturated heterocycles.